The Bertz CT molecular complexity index is 1170. The van der Waals surface area contributed by atoms with Gasteiger partial charge in [0.2, 0.25) is 5.91 Å². The van der Waals surface area contributed by atoms with Crippen LogP contribution in [0.1, 0.15) is 50.1 Å². The minimum atomic E-state index is -5.01. The molecule has 3 rings (SSSR count). The lowest BCUT2D eigenvalue weighted by Gasteiger charge is -2.32. The summed E-state index contributed by atoms with van der Waals surface area (Å²) < 4.78 is 80.1. The van der Waals surface area contributed by atoms with Crippen LogP contribution in [0.3, 0.4) is 0 Å². The number of carbonyl (C=O) groups is 1. The van der Waals surface area contributed by atoms with E-state index in [2.05, 4.69) is 4.98 Å². The van der Waals surface area contributed by atoms with Crippen LogP contribution in [0.2, 0.25) is 0 Å². The third kappa shape index (κ3) is 6.25. The van der Waals surface area contributed by atoms with Crippen molar-refractivity contribution in [3.63, 3.8) is 0 Å². The number of pyridine rings is 1. The van der Waals surface area contributed by atoms with E-state index in [1.165, 1.54) is 32.0 Å². The number of nitrogens with zero attached hydrogens (tertiary/aromatic N) is 2. The molecule has 0 unspecified atom stereocenters. The first-order valence-corrected chi connectivity index (χ1v) is 11.2. The third-order valence-electron chi connectivity index (χ3n) is 5.61. The molecule has 1 heterocycles. The summed E-state index contributed by atoms with van der Waals surface area (Å²) >= 11 is 0. The van der Waals surface area contributed by atoms with Crippen molar-refractivity contribution < 1.29 is 31.1 Å². The van der Waals surface area contributed by atoms with Crippen LogP contribution in [0.25, 0.3) is 11.1 Å². The van der Waals surface area contributed by atoms with Gasteiger partial charge in [-0.15, -0.1) is 0 Å². The molecule has 194 valence electrons. The Morgan fingerprint density at radius 3 is 1.75 bits per heavy atom. The second kappa shape index (κ2) is 10.7. The summed E-state index contributed by atoms with van der Waals surface area (Å²) in [6.45, 7) is 8.36. The van der Waals surface area contributed by atoms with Crippen LogP contribution in [-0.4, -0.2) is 17.9 Å². The predicted molar refractivity (Wildman–Crippen MR) is 129 cm³/mol. The molecule has 0 aliphatic rings. The summed E-state index contributed by atoms with van der Waals surface area (Å²) in [4.78, 5) is 18.9. The molecule has 0 fully saturated rings. The van der Waals surface area contributed by atoms with Crippen LogP contribution in [0.4, 0.5) is 32.0 Å². The van der Waals surface area contributed by atoms with Gasteiger partial charge in [-0.2, -0.15) is 26.3 Å². The average Bonchev–Trinajstić information content (AvgIpc) is 2.83. The number of likely N-dealkylation sites (N-methyl/N-ethyl adjacent to an activating group) is 1. The molecule has 1 amide bonds. The maximum atomic E-state index is 13.5. The van der Waals surface area contributed by atoms with Crippen LogP contribution in [0.5, 0.6) is 0 Å². The van der Waals surface area contributed by atoms with Gasteiger partial charge in [-0.05, 0) is 56.2 Å². The molecule has 0 saturated heterocycles. The Labute approximate surface area is 206 Å². The highest BCUT2D eigenvalue weighted by atomic mass is 19.4. The minimum absolute atomic E-state index is 0.0468. The summed E-state index contributed by atoms with van der Waals surface area (Å²) in [5, 5.41) is 0. The van der Waals surface area contributed by atoms with E-state index < -0.39 is 40.4 Å². The van der Waals surface area contributed by atoms with Crippen LogP contribution in [0.15, 0.2) is 60.8 Å². The van der Waals surface area contributed by atoms with Gasteiger partial charge < -0.3 is 4.90 Å². The summed E-state index contributed by atoms with van der Waals surface area (Å²) in [7, 11) is 1.42. The van der Waals surface area contributed by atoms with E-state index in [0.29, 0.717) is 29.1 Å². The lowest BCUT2D eigenvalue weighted by Crippen LogP contribution is -2.42. The highest BCUT2D eigenvalue weighted by Gasteiger charge is 2.41. The molecule has 9 heteroatoms. The van der Waals surface area contributed by atoms with E-state index in [1.54, 1.807) is 13.0 Å². The highest BCUT2D eigenvalue weighted by Crippen LogP contribution is 2.40. The number of benzene rings is 2. The monoisotopic (exact) mass is 510 g/mol. The summed E-state index contributed by atoms with van der Waals surface area (Å²) in [5.41, 5.74) is -2.57. The number of rotatable bonds is 4. The Morgan fingerprint density at radius 1 is 0.806 bits per heavy atom. The van der Waals surface area contributed by atoms with E-state index in [0.717, 1.165) is 5.56 Å². The summed E-state index contributed by atoms with van der Waals surface area (Å²) in [6.07, 6.45) is -8.57. The smallest absolute Gasteiger partial charge is 0.313 e. The molecule has 2 aromatic carbocycles. The molecule has 0 radical (unpaired) electrons. The van der Waals surface area contributed by atoms with Gasteiger partial charge in [0.15, 0.2) is 0 Å². The van der Waals surface area contributed by atoms with Crippen LogP contribution < -0.4 is 4.90 Å². The highest BCUT2D eigenvalue weighted by molar-refractivity contribution is 6.03. The number of hydrogen-bond acceptors (Lipinski definition) is 2. The molecule has 0 atom stereocenters. The molecule has 0 spiro atoms. The Balaban J connectivity index is 0.00000222. The SMILES string of the molecule is CC.Cc1cc(-c2ccccc2)c(N(C)C(=O)C(C)(C)c2cc(C(F)(F)F)cc(C(F)(F)F)c2)cn1. The minimum Gasteiger partial charge on any atom is -0.313 e. The first-order chi connectivity index (χ1) is 16.6. The lowest BCUT2D eigenvalue weighted by atomic mass is 9.81. The number of amides is 1. The molecule has 0 N–H and O–H groups in total. The number of hydrogen-bond donors (Lipinski definition) is 0. The molecular weight excluding hydrogens is 482 g/mol. The van der Waals surface area contributed by atoms with Crippen LogP contribution in [-0.2, 0) is 22.6 Å². The number of aryl methyl sites for hydroxylation is 1. The zero-order valence-electron chi connectivity index (χ0n) is 20.8. The third-order valence-corrected chi connectivity index (χ3v) is 5.61. The summed E-state index contributed by atoms with van der Waals surface area (Å²) in [5.74, 6) is -0.692. The van der Waals surface area contributed by atoms with Gasteiger partial charge in [-0.25, -0.2) is 0 Å². The van der Waals surface area contributed by atoms with E-state index in [1.807, 2.05) is 44.2 Å². The zero-order chi connectivity index (χ0) is 27.5. The average molecular weight is 511 g/mol. The number of alkyl halides is 6. The summed E-state index contributed by atoms with van der Waals surface area (Å²) in [6, 6.07) is 12.1. The van der Waals surface area contributed by atoms with E-state index in [9.17, 15) is 31.1 Å². The number of aromatic nitrogens is 1. The van der Waals surface area contributed by atoms with Gasteiger partial charge in [0, 0.05) is 18.3 Å². The molecular formula is C27H28F6N2O. The number of halogens is 6. The van der Waals surface area contributed by atoms with Gasteiger partial charge in [0.1, 0.15) is 0 Å². The van der Waals surface area contributed by atoms with Crippen molar-refractivity contribution in [1.82, 2.24) is 4.98 Å². The maximum absolute atomic E-state index is 13.5. The maximum Gasteiger partial charge on any atom is 0.416 e. The molecule has 0 bridgehead atoms. The normalized spacial score (nSPS) is 12.0. The van der Waals surface area contributed by atoms with Crippen LogP contribution in [0, 0.1) is 6.92 Å². The number of anilines is 1. The molecule has 36 heavy (non-hydrogen) atoms. The van der Waals surface area contributed by atoms with E-state index in [4.69, 9.17) is 0 Å². The quantitative estimate of drug-likeness (QED) is 0.333. The van der Waals surface area contributed by atoms with Crippen molar-refractivity contribution in [2.75, 3.05) is 11.9 Å². The fraction of sp³-hybridized carbons (Fsp3) is 0.333. The van der Waals surface area contributed by atoms with E-state index in [-0.39, 0.29) is 6.07 Å². The largest absolute Gasteiger partial charge is 0.416 e. The van der Waals surface area contributed by atoms with E-state index >= 15 is 0 Å². The molecule has 3 nitrogen and oxygen atoms in total. The van der Waals surface area contributed by atoms with Gasteiger partial charge in [0.25, 0.3) is 0 Å². The van der Waals surface area contributed by atoms with Gasteiger partial charge in [-0.1, -0.05) is 44.2 Å². The second-order valence-corrected chi connectivity index (χ2v) is 8.49. The fourth-order valence-corrected chi connectivity index (χ4v) is 3.64. The van der Waals surface area contributed by atoms with Crippen molar-refractivity contribution in [2.24, 2.45) is 0 Å². The molecule has 0 saturated carbocycles. The molecule has 1 aromatic heterocycles. The van der Waals surface area contributed by atoms with Crippen molar-refractivity contribution in [3.05, 3.63) is 83.2 Å². The first kappa shape index (κ1) is 28.9. The van der Waals surface area contributed by atoms with Crippen LogP contribution >= 0.6 is 0 Å². The zero-order valence-corrected chi connectivity index (χ0v) is 20.8. The van der Waals surface area contributed by atoms with Gasteiger partial charge in [0.05, 0.1) is 28.4 Å². The van der Waals surface area contributed by atoms with Crippen molar-refractivity contribution >= 4 is 11.6 Å². The van der Waals surface area contributed by atoms with Gasteiger partial charge >= 0.3 is 12.4 Å². The predicted octanol–water partition coefficient (Wildman–Crippen LogP) is 8.06. The Hall–Kier alpha value is -3.36. The Morgan fingerprint density at radius 2 is 1.28 bits per heavy atom. The molecule has 0 aliphatic carbocycles. The molecule has 3 aromatic rings. The Kier molecular flexibility index (Phi) is 8.60. The van der Waals surface area contributed by atoms with Crippen molar-refractivity contribution in [1.29, 1.82) is 0 Å². The fourth-order valence-electron chi connectivity index (χ4n) is 3.64. The first-order valence-electron chi connectivity index (χ1n) is 11.2. The van der Waals surface area contributed by atoms with Crippen molar-refractivity contribution in [2.45, 2.75) is 52.4 Å². The lowest BCUT2D eigenvalue weighted by molar-refractivity contribution is -0.143. The second-order valence-electron chi connectivity index (χ2n) is 8.49. The topological polar surface area (TPSA) is 33.2 Å². The van der Waals surface area contributed by atoms with Crippen molar-refractivity contribution in [3.8, 4) is 11.1 Å². The number of carbonyl (C=O) groups excluding carboxylic acids is 1. The molecule has 0 aliphatic heterocycles. The van der Waals surface area contributed by atoms with Gasteiger partial charge in [-0.3, -0.25) is 9.78 Å². The standard InChI is InChI=1S/C25H22F6N2O.C2H6/c1-15-10-20(16-8-6-5-7-9-16)21(14-32-15)33(4)22(34)23(2,3)17-11-18(24(26,27)28)13-19(12-17)25(29,30)31;1-2/h5-14H,1-4H3;1-2H3.